The molecule has 0 spiro atoms. The van der Waals surface area contributed by atoms with Crippen LogP contribution in [0, 0.1) is 19.6 Å². The monoisotopic (exact) mass is 438 g/mol. The van der Waals surface area contributed by atoms with E-state index in [9.17, 15) is 0 Å². The average molecular weight is 438 g/mol. The molecule has 4 rings (SSSR count). The Hall–Kier alpha value is -2.44. The topological polar surface area (TPSA) is 0 Å². The van der Waals surface area contributed by atoms with Crippen molar-refractivity contribution in [3.05, 3.63) is 147 Å². The molecule has 0 aliphatic heterocycles. The fourth-order valence-corrected chi connectivity index (χ4v) is 4.80. The molecule has 0 bridgehead atoms. The molecule has 2 radical (unpaired) electrons. The number of benzene rings is 3. The summed E-state index contributed by atoms with van der Waals surface area (Å²) in [5, 5.41) is 4.19. The van der Waals surface area contributed by atoms with Gasteiger partial charge >= 0.3 is 16.8 Å². The summed E-state index contributed by atoms with van der Waals surface area (Å²) in [6, 6.07) is 32.3. The molecule has 0 N–H and O–H groups in total. The van der Waals surface area contributed by atoms with Gasteiger partial charge in [0.15, 0.2) is 0 Å². The van der Waals surface area contributed by atoms with E-state index >= 15 is 0 Å². The van der Waals surface area contributed by atoms with E-state index in [-0.39, 0.29) is 16.8 Å². The number of allylic oxidation sites excluding steroid dienone is 6. The molecular formula is C27H24CoP. The normalized spacial score (nSPS) is 10.7. The standard InChI is InChI=1S/C18H15P.C5H5.C4H4.Co/c1-4-10-16(11-5-1)19(17-12-6-2-7-13-17)18-14-8-3-9-15-18;1-2-4-5-3-1;1-3-4-2;/h1-15H;1-5H;1-4H;/q;;-2;+2. The number of rotatable bonds is 4. The molecule has 146 valence electrons. The van der Waals surface area contributed by atoms with Crippen LogP contribution in [-0.2, 0) is 16.8 Å². The Morgan fingerprint density at radius 3 is 1.00 bits per heavy atom. The van der Waals surface area contributed by atoms with E-state index < -0.39 is 7.92 Å². The molecule has 0 atom stereocenters. The summed E-state index contributed by atoms with van der Waals surface area (Å²) in [6.45, 7) is 9.44. The van der Waals surface area contributed by atoms with Crippen LogP contribution in [0.25, 0.3) is 0 Å². The van der Waals surface area contributed by atoms with Crippen LogP contribution in [-0.4, -0.2) is 0 Å². The van der Waals surface area contributed by atoms with E-state index in [1.807, 2.05) is 30.7 Å². The van der Waals surface area contributed by atoms with Crippen molar-refractivity contribution in [2.45, 2.75) is 0 Å². The Morgan fingerprint density at radius 2 is 0.793 bits per heavy atom. The zero-order valence-electron chi connectivity index (χ0n) is 16.1. The molecule has 0 heterocycles. The summed E-state index contributed by atoms with van der Waals surface area (Å²) < 4.78 is 0. The van der Waals surface area contributed by atoms with E-state index in [0.717, 1.165) is 0 Å². The maximum Gasteiger partial charge on any atom is 2.00 e. The van der Waals surface area contributed by atoms with Crippen molar-refractivity contribution >= 4 is 23.8 Å². The van der Waals surface area contributed by atoms with Crippen LogP contribution in [0.5, 0.6) is 0 Å². The molecule has 0 unspecified atom stereocenters. The predicted molar refractivity (Wildman–Crippen MR) is 125 cm³/mol. The van der Waals surface area contributed by atoms with Crippen LogP contribution >= 0.6 is 7.92 Å². The quantitative estimate of drug-likeness (QED) is 0.278. The molecular weight excluding hydrogens is 414 g/mol. The Kier molecular flexibility index (Phi) is 13.1. The van der Waals surface area contributed by atoms with Gasteiger partial charge in [0.25, 0.3) is 0 Å². The van der Waals surface area contributed by atoms with Crippen LogP contribution in [0.3, 0.4) is 0 Å². The second kappa shape index (κ2) is 15.5. The molecule has 0 nitrogen and oxygen atoms in total. The van der Waals surface area contributed by atoms with Gasteiger partial charge in [-0.25, -0.2) is 0 Å². The smallest absolute Gasteiger partial charge is 0.394 e. The number of hydrogen-bond acceptors (Lipinski definition) is 0. The minimum atomic E-state index is -0.446. The van der Waals surface area contributed by atoms with Crippen molar-refractivity contribution in [1.82, 2.24) is 0 Å². The third-order valence-corrected chi connectivity index (χ3v) is 6.15. The zero-order chi connectivity index (χ0) is 19.9. The molecule has 0 amide bonds. The van der Waals surface area contributed by atoms with E-state index in [1.165, 1.54) is 28.1 Å². The second-order valence-electron chi connectivity index (χ2n) is 5.69. The Labute approximate surface area is 187 Å². The summed E-state index contributed by atoms with van der Waals surface area (Å²) in [7, 11) is -0.446. The molecule has 3 aromatic rings. The SMILES string of the molecule is [CH-]=CC=[CH-].[CH]1C=CC=C1.[Co+2].c1ccc(P(c2ccccc2)c2ccccc2)cc1. The average Bonchev–Trinajstić information content (AvgIpc) is 3.37. The fraction of sp³-hybridized carbons (Fsp3) is 0. The summed E-state index contributed by atoms with van der Waals surface area (Å²) in [6.07, 6.45) is 12.6. The van der Waals surface area contributed by atoms with Crippen molar-refractivity contribution < 1.29 is 16.8 Å². The summed E-state index contributed by atoms with van der Waals surface area (Å²) in [4.78, 5) is 0. The van der Waals surface area contributed by atoms with Crippen LogP contribution < -0.4 is 15.9 Å². The van der Waals surface area contributed by atoms with Gasteiger partial charge in [-0.05, 0) is 23.8 Å². The molecule has 2 heteroatoms. The Bertz CT molecular complexity index is 758. The van der Waals surface area contributed by atoms with Crippen LogP contribution in [0.15, 0.2) is 127 Å². The number of hydrogen-bond donors (Lipinski definition) is 0. The van der Waals surface area contributed by atoms with Crippen LogP contribution in [0.1, 0.15) is 0 Å². The molecule has 0 saturated carbocycles. The van der Waals surface area contributed by atoms with Gasteiger partial charge in [-0.2, -0.15) is 0 Å². The maximum atomic E-state index is 4.72. The van der Waals surface area contributed by atoms with Gasteiger partial charge in [0.05, 0.1) is 0 Å². The van der Waals surface area contributed by atoms with E-state index in [2.05, 4.69) is 91.0 Å². The van der Waals surface area contributed by atoms with Gasteiger partial charge < -0.3 is 25.3 Å². The van der Waals surface area contributed by atoms with Gasteiger partial charge in [-0.1, -0.05) is 115 Å². The van der Waals surface area contributed by atoms with Crippen LogP contribution in [0.4, 0.5) is 0 Å². The van der Waals surface area contributed by atoms with Gasteiger partial charge in [-0.15, -0.1) is 0 Å². The van der Waals surface area contributed by atoms with Crippen LogP contribution in [0.2, 0.25) is 0 Å². The summed E-state index contributed by atoms with van der Waals surface area (Å²) >= 11 is 0. The first-order valence-electron chi connectivity index (χ1n) is 9.07. The van der Waals surface area contributed by atoms with Crippen molar-refractivity contribution in [3.63, 3.8) is 0 Å². The minimum Gasteiger partial charge on any atom is -0.394 e. The van der Waals surface area contributed by atoms with E-state index in [0.29, 0.717) is 0 Å². The van der Waals surface area contributed by atoms with Gasteiger partial charge in [0.1, 0.15) is 0 Å². The maximum absolute atomic E-state index is 4.72. The molecule has 0 fully saturated rings. The van der Waals surface area contributed by atoms with Gasteiger partial charge in [0.2, 0.25) is 0 Å². The first kappa shape index (κ1) is 24.6. The Morgan fingerprint density at radius 1 is 0.483 bits per heavy atom. The van der Waals surface area contributed by atoms with Crippen molar-refractivity contribution in [2.75, 3.05) is 0 Å². The molecule has 1 aliphatic rings. The van der Waals surface area contributed by atoms with E-state index in [1.54, 1.807) is 0 Å². The second-order valence-corrected chi connectivity index (χ2v) is 7.91. The summed E-state index contributed by atoms with van der Waals surface area (Å²) in [5.74, 6) is 0. The minimum absolute atomic E-state index is 0. The fourth-order valence-electron chi connectivity index (χ4n) is 2.50. The van der Waals surface area contributed by atoms with Gasteiger partial charge in [0, 0.05) is 6.42 Å². The van der Waals surface area contributed by atoms with Gasteiger partial charge in [-0.3, -0.25) is 0 Å². The molecule has 0 aromatic heterocycles. The summed E-state index contributed by atoms with van der Waals surface area (Å²) in [5.41, 5.74) is 0. The zero-order valence-corrected chi connectivity index (χ0v) is 18.1. The third kappa shape index (κ3) is 9.06. The largest absolute Gasteiger partial charge is 2.00 e. The first-order valence-corrected chi connectivity index (χ1v) is 10.4. The first-order chi connectivity index (χ1) is 13.9. The van der Waals surface area contributed by atoms with Crippen molar-refractivity contribution in [1.29, 1.82) is 0 Å². The molecule has 1 aliphatic carbocycles. The van der Waals surface area contributed by atoms with Crippen molar-refractivity contribution in [3.8, 4) is 0 Å². The predicted octanol–water partition coefficient (Wildman–Crippen LogP) is 5.72. The van der Waals surface area contributed by atoms with E-state index in [4.69, 9.17) is 13.2 Å². The van der Waals surface area contributed by atoms with Crippen molar-refractivity contribution in [2.24, 2.45) is 0 Å². The molecule has 29 heavy (non-hydrogen) atoms. The molecule has 0 saturated heterocycles. The molecule has 3 aromatic carbocycles. The Balaban J connectivity index is 0.000000352. The third-order valence-electron chi connectivity index (χ3n) is 3.71.